The molecule has 0 spiro atoms. The summed E-state index contributed by atoms with van der Waals surface area (Å²) in [6.07, 6.45) is -5.18. The maximum Gasteiger partial charge on any atom is 0.422 e. The van der Waals surface area contributed by atoms with Crippen molar-refractivity contribution in [3.63, 3.8) is 0 Å². The lowest BCUT2D eigenvalue weighted by molar-refractivity contribution is -0.203. The molecule has 0 aliphatic rings. The molecule has 7 nitrogen and oxygen atoms in total. The Hall–Kier alpha value is -2.00. The molecule has 0 aromatic heterocycles. The minimum atomic E-state index is -5.18. The van der Waals surface area contributed by atoms with Gasteiger partial charge in [-0.1, -0.05) is 0 Å². The number of amides is 3. The number of nitrogens with zero attached hydrogens (tertiary/aromatic N) is 1. The molecule has 3 amide bonds. The lowest BCUT2D eigenvalue weighted by atomic mass is 10.0. The van der Waals surface area contributed by atoms with E-state index in [0.29, 0.717) is 20.0 Å². The van der Waals surface area contributed by atoms with E-state index in [9.17, 15) is 27.6 Å². The summed E-state index contributed by atoms with van der Waals surface area (Å²) in [7, 11) is 0. The number of nitrogens with one attached hydrogen (secondary N) is 2. The van der Waals surface area contributed by atoms with Gasteiger partial charge in [0.05, 0.1) is 6.54 Å². The summed E-state index contributed by atoms with van der Waals surface area (Å²) in [6.45, 7) is 3.96. The van der Waals surface area contributed by atoms with Gasteiger partial charge in [0.2, 0.25) is 11.4 Å². The summed E-state index contributed by atoms with van der Waals surface area (Å²) in [5.41, 5.74) is -3.44. The Morgan fingerprint density at radius 1 is 1.14 bits per heavy atom. The molecule has 0 bridgehead atoms. The molecule has 10 heteroatoms. The Morgan fingerprint density at radius 3 is 1.95 bits per heavy atom. The number of aliphatic carboxylic acids is 1. The zero-order valence-electron chi connectivity index (χ0n) is 11.9. The average molecular weight is 313 g/mol. The maximum atomic E-state index is 12.7. The van der Waals surface area contributed by atoms with Crippen LogP contribution in [0, 0.1) is 0 Å². The van der Waals surface area contributed by atoms with Crippen molar-refractivity contribution in [1.29, 1.82) is 0 Å². The fraction of sp³-hybridized carbons (Fsp3) is 0.727. The second kappa shape index (κ2) is 7.14. The number of halogens is 3. The SMILES string of the molecule is CCN(CC)C(=O)CNC(=O)NC(C)(C(=O)O)C(F)(F)F. The normalized spacial score (nSPS) is 14.0. The lowest BCUT2D eigenvalue weighted by Crippen LogP contribution is -2.64. The predicted molar refractivity (Wildman–Crippen MR) is 66.6 cm³/mol. The highest BCUT2D eigenvalue weighted by atomic mass is 19.4. The van der Waals surface area contributed by atoms with Crippen molar-refractivity contribution in [2.75, 3.05) is 19.6 Å². The van der Waals surface area contributed by atoms with Crippen molar-refractivity contribution < 1.29 is 32.7 Å². The molecule has 0 heterocycles. The topological polar surface area (TPSA) is 98.7 Å². The monoisotopic (exact) mass is 313 g/mol. The maximum absolute atomic E-state index is 12.7. The van der Waals surface area contributed by atoms with Gasteiger partial charge < -0.3 is 20.6 Å². The quantitative estimate of drug-likeness (QED) is 0.667. The first kappa shape index (κ1) is 19.0. The Labute approximate surface area is 119 Å². The third kappa shape index (κ3) is 4.80. The van der Waals surface area contributed by atoms with E-state index in [1.54, 1.807) is 13.8 Å². The molecular formula is C11H18F3N3O4. The van der Waals surface area contributed by atoms with E-state index in [4.69, 9.17) is 5.11 Å². The molecule has 0 aromatic carbocycles. The van der Waals surface area contributed by atoms with Crippen LogP contribution in [-0.4, -0.2) is 59.3 Å². The molecular weight excluding hydrogens is 295 g/mol. The summed E-state index contributed by atoms with van der Waals surface area (Å²) in [6, 6.07) is -1.39. The van der Waals surface area contributed by atoms with Crippen molar-refractivity contribution in [3.05, 3.63) is 0 Å². The van der Waals surface area contributed by atoms with Crippen molar-refractivity contribution in [2.24, 2.45) is 0 Å². The highest BCUT2D eigenvalue weighted by Crippen LogP contribution is 2.30. The summed E-state index contributed by atoms with van der Waals surface area (Å²) in [4.78, 5) is 35.0. The van der Waals surface area contributed by atoms with Gasteiger partial charge in [-0.15, -0.1) is 0 Å². The fourth-order valence-electron chi connectivity index (χ4n) is 1.36. The molecule has 1 atom stereocenters. The smallest absolute Gasteiger partial charge is 0.422 e. The van der Waals surface area contributed by atoms with Crippen LogP contribution in [0.15, 0.2) is 0 Å². The number of hydrogen-bond acceptors (Lipinski definition) is 3. The van der Waals surface area contributed by atoms with Crippen LogP contribution in [0.2, 0.25) is 0 Å². The van der Waals surface area contributed by atoms with Crippen LogP contribution in [0.4, 0.5) is 18.0 Å². The first-order valence-electron chi connectivity index (χ1n) is 6.13. The van der Waals surface area contributed by atoms with Crippen molar-refractivity contribution in [3.8, 4) is 0 Å². The number of likely N-dealkylation sites (N-methyl/N-ethyl adjacent to an activating group) is 1. The number of carboxylic acid groups (broad SMARTS) is 1. The number of carbonyl (C=O) groups excluding carboxylic acids is 2. The van der Waals surface area contributed by atoms with Gasteiger partial charge >= 0.3 is 18.2 Å². The van der Waals surface area contributed by atoms with Crippen LogP contribution >= 0.6 is 0 Å². The Balaban J connectivity index is 4.69. The number of urea groups is 1. The molecule has 0 fully saturated rings. The van der Waals surface area contributed by atoms with Gasteiger partial charge in [0, 0.05) is 13.1 Å². The number of hydrogen-bond donors (Lipinski definition) is 3. The van der Waals surface area contributed by atoms with E-state index in [2.05, 4.69) is 0 Å². The first-order valence-corrected chi connectivity index (χ1v) is 6.13. The minimum Gasteiger partial charge on any atom is -0.479 e. The molecule has 0 saturated carbocycles. The van der Waals surface area contributed by atoms with Crippen LogP contribution in [0.3, 0.4) is 0 Å². The molecule has 0 aromatic rings. The molecule has 0 rings (SSSR count). The van der Waals surface area contributed by atoms with Crippen LogP contribution in [-0.2, 0) is 9.59 Å². The molecule has 0 saturated heterocycles. The van der Waals surface area contributed by atoms with Gasteiger partial charge in [-0.2, -0.15) is 13.2 Å². The molecule has 122 valence electrons. The lowest BCUT2D eigenvalue weighted by Gasteiger charge is -2.28. The predicted octanol–water partition coefficient (Wildman–Crippen LogP) is 0.560. The molecule has 0 radical (unpaired) electrons. The van der Waals surface area contributed by atoms with Crippen molar-refractivity contribution in [1.82, 2.24) is 15.5 Å². The Bertz CT molecular complexity index is 410. The number of alkyl halides is 3. The van der Waals surface area contributed by atoms with Crippen LogP contribution < -0.4 is 10.6 Å². The van der Waals surface area contributed by atoms with E-state index >= 15 is 0 Å². The zero-order chi connectivity index (χ0) is 16.8. The first-order chi connectivity index (χ1) is 9.49. The van der Waals surface area contributed by atoms with E-state index in [1.165, 1.54) is 10.2 Å². The van der Waals surface area contributed by atoms with Gasteiger partial charge in [0.1, 0.15) is 0 Å². The number of carboxylic acids is 1. The van der Waals surface area contributed by atoms with Gasteiger partial charge in [0.15, 0.2) is 0 Å². The van der Waals surface area contributed by atoms with Gasteiger partial charge in [-0.05, 0) is 20.8 Å². The second-order valence-corrected chi connectivity index (χ2v) is 4.30. The highest BCUT2D eigenvalue weighted by molar-refractivity contribution is 5.89. The van der Waals surface area contributed by atoms with E-state index in [0.717, 1.165) is 0 Å². The van der Waals surface area contributed by atoms with Crippen molar-refractivity contribution in [2.45, 2.75) is 32.5 Å². The highest BCUT2D eigenvalue weighted by Gasteiger charge is 2.58. The van der Waals surface area contributed by atoms with Crippen LogP contribution in [0.25, 0.3) is 0 Å². The Morgan fingerprint density at radius 2 is 1.62 bits per heavy atom. The van der Waals surface area contributed by atoms with Gasteiger partial charge in [-0.3, -0.25) is 4.79 Å². The van der Waals surface area contributed by atoms with Crippen molar-refractivity contribution >= 4 is 17.9 Å². The number of carbonyl (C=O) groups is 3. The number of rotatable bonds is 6. The van der Waals surface area contributed by atoms with Crippen LogP contribution in [0.1, 0.15) is 20.8 Å². The fourth-order valence-corrected chi connectivity index (χ4v) is 1.36. The average Bonchev–Trinajstić information content (AvgIpc) is 2.36. The largest absolute Gasteiger partial charge is 0.479 e. The minimum absolute atomic E-state index is 0.321. The summed E-state index contributed by atoms with van der Waals surface area (Å²) in [5, 5.41) is 11.8. The van der Waals surface area contributed by atoms with E-state index in [1.807, 2.05) is 5.32 Å². The third-order valence-electron chi connectivity index (χ3n) is 2.87. The Kier molecular flexibility index (Phi) is 6.46. The summed E-state index contributed by atoms with van der Waals surface area (Å²) < 4.78 is 38.0. The van der Waals surface area contributed by atoms with E-state index < -0.39 is 36.2 Å². The standard InChI is InChI=1S/C11H18F3N3O4/c1-4-17(5-2)7(18)6-15-9(21)16-10(3,8(19)20)11(12,13)14/h4-6H2,1-3H3,(H,19,20)(H2,15,16,21). The van der Waals surface area contributed by atoms with Gasteiger partial charge in [-0.25, -0.2) is 9.59 Å². The molecule has 0 aliphatic heterocycles. The molecule has 0 aliphatic carbocycles. The van der Waals surface area contributed by atoms with Gasteiger partial charge in [0.25, 0.3) is 0 Å². The second-order valence-electron chi connectivity index (χ2n) is 4.30. The van der Waals surface area contributed by atoms with Crippen LogP contribution in [0.5, 0.6) is 0 Å². The summed E-state index contributed by atoms with van der Waals surface area (Å²) >= 11 is 0. The third-order valence-corrected chi connectivity index (χ3v) is 2.87. The summed E-state index contributed by atoms with van der Waals surface area (Å²) in [5.74, 6) is -2.74. The molecule has 1 unspecified atom stereocenters. The molecule has 3 N–H and O–H groups in total. The molecule has 21 heavy (non-hydrogen) atoms. The van der Waals surface area contributed by atoms with E-state index in [-0.39, 0.29) is 0 Å². The zero-order valence-corrected chi connectivity index (χ0v) is 11.9.